The lowest BCUT2D eigenvalue weighted by atomic mass is 10.0. The third-order valence-corrected chi connectivity index (χ3v) is 4.01. The Morgan fingerprint density at radius 1 is 1.23 bits per heavy atom. The predicted molar refractivity (Wildman–Crippen MR) is 85.4 cm³/mol. The number of pyridine rings is 1. The molecule has 2 aromatic rings. The van der Waals surface area contributed by atoms with Gasteiger partial charge < -0.3 is 4.74 Å². The van der Waals surface area contributed by atoms with Gasteiger partial charge in [-0.3, -0.25) is 9.88 Å². The van der Waals surface area contributed by atoms with Gasteiger partial charge in [0.15, 0.2) is 0 Å². The van der Waals surface area contributed by atoms with Crippen LogP contribution < -0.4 is 0 Å². The minimum atomic E-state index is -4.79. The monoisotopic (exact) mass is 366 g/mol. The van der Waals surface area contributed by atoms with Crippen LogP contribution in [-0.4, -0.2) is 22.5 Å². The molecule has 1 amide bonds. The summed E-state index contributed by atoms with van der Waals surface area (Å²) in [7, 11) is 0. The molecule has 136 valence electrons. The van der Waals surface area contributed by atoms with Crippen molar-refractivity contribution in [2.75, 3.05) is 6.54 Å². The number of carbonyl (C=O) groups excluding carboxylic acids is 1. The van der Waals surface area contributed by atoms with Gasteiger partial charge in [-0.05, 0) is 42.3 Å². The maximum Gasteiger partial charge on any atom is 0.419 e. The van der Waals surface area contributed by atoms with Gasteiger partial charge in [-0.1, -0.05) is 6.07 Å². The molecule has 3 rings (SSSR count). The molecule has 2 heterocycles. The van der Waals surface area contributed by atoms with Crippen molar-refractivity contribution in [3.63, 3.8) is 0 Å². The fraction of sp³-hybridized carbons (Fsp3) is 0.222. The molecule has 0 bridgehead atoms. The van der Waals surface area contributed by atoms with Crippen LogP contribution in [0.4, 0.5) is 22.4 Å². The number of carbonyl (C=O) groups is 1. The topological polar surface area (TPSA) is 42.4 Å². The molecule has 1 aliphatic heterocycles. The van der Waals surface area contributed by atoms with Crippen LogP contribution in [0.25, 0.3) is 11.1 Å². The lowest BCUT2D eigenvalue weighted by Gasteiger charge is -2.23. The zero-order valence-electron chi connectivity index (χ0n) is 13.7. The van der Waals surface area contributed by atoms with Crippen LogP contribution in [-0.2, 0) is 17.5 Å². The Balaban J connectivity index is 1.95. The molecule has 1 aliphatic rings. The zero-order valence-corrected chi connectivity index (χ0v) is 13.7. The number of ether oxygens (including phenoxy) is 1. The average Bonchev–Trinajstić information content (AvgIpc) is 2.58. The fourth-order valence-corrected chi connectivity index (χ4v) is 2.58. The first-order valence-electron chi connectivity index (χ1n) is 7.69. The molecule has 0 N–H and O–H groups in total. The molecule has 1 aromatic heterocycles. The Morgan fingerprint density at radius 2 is 2.00 bits per heavy atom. The summed E-state index contributed by atoms with van der Waals surface area (Å²) in [6.45, 7) is 2.29. The number of cyclic esters (lactones) is 1. The minimum absolute atomic E-state index is 0.189. The molecular weight excluding hydrogens is 352 g/mol. The highest BCUT2D eigenvalue weighted by Crippen LogP contribution is 2.34. The van der Waals surface area contributed by atoms with Crippen LogP contribution in [0.3, 0.4) is 0 Å². The van der Waals surface area contributed by atoms with Gasteiger partial charge in [0.1, 0.15) is 5.82 Å². The molecule has 0 radical (unpaired) electrons. The van der Waals surface area contributed by atoms with E-state index in [0.717, 1.165) is 12.1 Å². The highest BCUT2D eigenvalue weighted by atomic mass is 19.4. The van der Waals surface area contributed by atoms with Gasteiger partial charge in [0, 0.05) is 24.0 Å². The second kappa shape index (κ2) is 6.78. The number of hydrogen-bond acceptors (Lipinski definition) is 3. The Labute approximate surface area is 146 Å². The molecule has 8 heteroatoms. The largest absolute Gasteiger partial charge is 0.419 e. The number of aromatic nitrogens is 1. The van der Waals surface area contributed by atoms with Gasteiger partial charge in [-0.2, -0.15) is 13.2 Å². The van der Waals surface area contributed by atoms with Crippen LogP contribution in [0.15, 0.2) is 42.8 Å². The van der Waals surface area contributed by atoms with E-state index in [1.165, 1.54) is 23.4 Å². The average molecular weight is 366 g/mol. The normalized spacial score (nSPS) is 14.5. The highest BCUT2D eigenvalue weighted by Gasteiger charge is 2.34. The number of halogens is 4. The van der Waals surface area contributed by atoms with E-state index in [0.29, 0.717) is 23.4 Å². The van der Waals surface area contributed by atoms with Crippen molar-refractivity contribution < 1.29 is 27.1 Å². The first kappa shape index (κ1) is 17.9. The second-order valence-corrected chi connectivity index (χ2v) is 5.80. The van der Waals surface area contributed by atoms with E-state index in [2.05, 4.69) is 4.98 Å². The number of aryl methyl sites for hydroxylation is 1. The quantitative estimate of drug-likeness (QED) is 0.741. The number of hydrogen-bond donors (Lipinski definition) is 0. The molecule has 0 fully saturated rings. The molecule has 0 saturated heterocycles. The molecule has 0 spiro atoms. The van der Waals surface area contributed by atoms with E-state index in [1.807, 2.05) is 0 Å². The molecule has 0 atom stereocenters. The maximum absolute atomic E-state index is 13.5. The third-order valence-electron chi connectivity index (χ3n) is 4.01. The number of benzene rings is 1. The van der Waals surface area contributed by atoms with Gasteiger partial charge in [0.2, 0.25) is 0 Å². The first-order valence-corrected chi connectivity index (χ1v) is 7.69. The molecular formula is C18H14F4N2O2. The smallest absolute Gasteiger partial charge is 0.418 e. The summed E-state index contributed by atoms with van der Waals surface area (Å²) < 4.78 is 57.0. The number of amides is 1. The summed E-state index contributed by atoms with van der Waals surface area (Å²) in [4.78, 5) is 17.3. The van der Waals surface area contributed by atoms with Crippen molar-refractivity contribution in [1.82, 2.24) is 9.88 Å². The Bertz CT molecular complexity index is 878. The lowest BCUT2D eigenvalue weighted by molar-refractivity contribution is -0.139. The van der Waals surface area contributed by atoms with Crippen LogP contribution in [0.2, 0.25) is 0 Å². The van der Waals surface area contributed by atoms with Crippen molar-refractivity contribution >= 4 is 6.09 Å². The summed E-state index contributed by atoms with van der Waals surface area (Å²) >= 11 is 0. The zero-order chi connectivity index (χ0) is 18.9. The first-order chi connectivity index (χ1) is 12.3. The van der Waals surface area contributed by atoms with Crippen molar-refractivity contribution in [2.45, 2.75) is 19.6 Å². The van der Waals surface area contributed by atoms with E-state index in [-0.39, 0.29) is 12.1 Å². The second-order valence-electron chi connectivity index (χ2n) is 5.80. The molecule has 1 aromatic carbocycles. The Morgan fingerprint density at radius 3 is 2.69 bits per heavy atom. The van der Waals surface area contributed by atoms with E-state index in [9.17, 15) is 22.4 Å². The number of rotatable bonds is 3. The molecule has 0 unspecified atom stereocenters. The predicted octanol–water partition coefficient (Wildman–Crippen LogP) is 4.68. The summed E-state index contributed by atoms with van der Waals surface area (Å²) in [5.74, 6) is -1.33. The van der Waals surface area contributed by atoms with Crippen molar-refractivity contribution in [3.05, 3.63) is 65.4 Å². The van der Waals surface area contributed by atoms with Crippen molar-refractivity contribution in [3.8, 4) is 11.1 Å². The van der Waals surface area contributed by atoms with E-state index >= 15 is 0 Å². The van der Waals surface area contributed by atoms with Crippen LogP contribution in [0, 0.1) is 12.7 Å². The number of alkyl halides is 3. The summed E-state index contributed by atoms with van der Waals surface area (Å²) in [5.41, 5.74) is 0.550. The minimum Gasteiger partial charge on any atom is -0.418 e. The van der Waals surface area contributed by atoms with Crippen molar-refractivity contribution in [1.29, 1.82) is 0 Å². The molecule has 0 saturated carbocycles. The van der Waals surface area contributed by atoms with Crippen LogP contribution >= 0.6 is 0 Å². The Hall–Kier alpha value is -2.90. The lowest BCUT2D eigenvalue weighted by Crippen LogP contribution is -2.33. The van der Waals surface area contributed by atoms with Gasteiger partial charge in [-0.15, -0.1) is 0 Å². The summed E-state index contributed by atoms with van der Waals surface area (Å²) in [6, 6.07) is 4.44. The van der Waals surface area contributed by atoms with Gasteiger partial charge in [0.25, 0.3) is 0 Å². The van der Waals surface area contributed by atoms with E-state index < -0.39 is 23.7 Å². The van der Waals surface area contributed by atoms with Crippen LogP contribution in [0.5, 0.6) is 0 Å². The number of nitrogens with zero attached hydrogens (tertiary/aromatic N) is 2. The highest BCUT2D eigenvalue weighted by molar-refractivity contribution is 5.70. The van der Waals surface area contributed by atoms with Crippen LogP contribution in [0.1, 0.15) is 16.8 Å². The SMILES string of the molecule is Cc1ncc(-c2ccc(F)c(C(F)(F)F)c2)cc1CN1CC=COC1=O. The third kappa shape index (κ3) is 3.68. The summed E-state index contributed by atoms with van der Waals surface area (Å²) in [5, 5.41) is 0. The fourth-order valence-electron chi connectivity index (χ4n) is 2.58. The molecule has 0 aliphatic carbocycles. The molecule has 4 nitrogen and oxygen atoms in total. The maximum atomic E-state index is 13.5. The Kier molecular flexibility index (Phi) is 4.67. The van der Waals surface area contributed by atoms with Crippen molar-refractivity contribution in [2.24, 2.45) is 0 Å². The van der Waals surface area contributed by atoms with Gasteiger partial charge >= 0.3 is 12.3 Å². The van der Waals surface area contributed by atoms with E-state index in [4.69, 9.17) is 4.74 Å². The van der Waals surface area contributed by atoms with Gasteiger partial charge in [-0.25, -0.2) is 9.18 Å². The standard InChI is InChI=1S/C18H14F4N2O2/c1-11-14(10-24-5-2-6-26-17(24)25)7-13(9-23-11)12-3-4-16(19)15(8-12)18(20,21)22/h2-4,6-9H,5,10H2,1H3. The van der Waals surface area contributed by atoms with E-state index in [1.54, 1.807) is 19.1 Å². The van der Waals surface area contributed by atoms with Gasteiger partial charge in [0.05, 0.1) is 18.4 Å². The molecule has 26 heavy (non-hydrogen) atoms. The summed E-state index contributed by atoms with van der Waals surface area (Å²) in [6.07, 6.45) is -0.911.